The lowest BCUT2D eigenvalue weighted by Crippen LogP contribution is -2.45. The van der Waals surface area contributed by atoms with Gasteiger partial charge in [-0.2, -0.15) is 0 Å². The number of piperidine rings is 1. The predicted molar refractivity (Wildman–Crippen MR) is 111 cm³/mol. The van der Waals surface area contributed by atoms with Crippen molar-refractivity contribution < 1.29 is 9.90 Å². The first-order valence-corrected chi connectivity index (χ1v) is 11.2. The molecule has 2 saturated heterocycles. The second-order valence-corrected chi connectivity index (χ2v) is 9.15. The number of carbonyl (C=O) groups excluding carboxylic acids is 1. The fourth-order valence-electron chi connectivity index (χ4n) is 6.16. The number of nitrogens with zero attached hydrogens (tertiary/aromatic N) is 3. The smallest absolute Gasteiger partial charge is 0.258 e. The van der Waals surface area contributed by atoms with E-state index in [4.69, 9.17) is 0 Å². The van der Waals surface area contributed by atoms with Gasteiger partial charge in [0.2, 0.25) is 5.91 Å². The molecule has 1 N–H and O–H groups in total. The van der Waals surface area contributed by atoms with Gasteiger partial charge in [0.15, 0.2) is 0 Å². The van der Waals surface area contributed by atoms with Crippen LogP contribution in [0, 0.1) is 11.8 Å². The summed E-state index contributed by atoms with van der Waals surface area (Å²) < 4.78 is 1.90. The van der Waals surface area contributed by atoms with Crippen molar-refractivity contribution in [3.63, 3.8) is 0 Å². The van der Waals surface area contributed by atoms with E-state index in [1.807, 2.05) is 22.6 Å². The topological polar surface area (TPSA) is 65.8 Å². The third-order valence-electron chi connectivity index (χ3n) is 7.69. The Morgan fingerprint density at radius 2 is 1.97 bits per heavy atom. The van der Waals surface area contributed by atoms with Gasteiger partial charge in [0, 0.05) is 49.5 Å². The minimum atomic E-state index is -0.280. The van der Waals surface area contributed by atoms with Crippen LogP contribution >= 0.6 is 0 Å². The van der Waals surface area contributed by atoms with Crippen molar-refractivity contribution in [3.05, 3.63) is 39.8 Å². The lowest BCUT2D eigenvalue weighted by atomic mass is 9.85. The average Bonchev–Trinajstić information content (AvgIpc) is 3.33. The number of hydrogen-bond acceptors (Lipinski definition) is 4. The minimum Gasteiger partial charge on any atom is -0.396 e. The van der Waals surface area contributed by atoms with E-state index >= 15 is 0 Å². The summed E-state index contributed by atoms with van der Waals surface area (Å²) in [6, 6.07) is 3.90. The van der Waals surface area contributed by atoms with E-state index in [1.165, 1.54) is 6.42 Å². The van der Waals surface area contributed by atoms with Gasteiger partial charge in [0.05, 0.1) is 12.0 Å². The van der Waals surface area contributed by atoms with E-state index < -0.39 is 0 Å². The van der Waals surface area contributed by atoms with Crippen LogP contribution in [-0.4, -0.2) is 58.2 Å². The Morgan fingerprint density at radius 1 is 1.17 bits per heavy atom. The molecule has 5 rings (SSSR count). The molecule has 156 valence electrons. The maximum atomic E-state index is 13.5. The molecule has 6 nitrogen and oxygen atoms in total. The van der Waals surface area contributed by atoms with E-state index in [2.05, 4.69) is 17.0 Å². The van der Waals surface area contributed by atoms with Crippen LogP contribution in [0.2, 0.25) is 0 Å². The van der Waals surface area contributed by atoms with Crippen molar-refractivity contribution in [2.24, 2.45) is 11.8 Å². The molecule has 3 aliphatic heterocycles. The lowest BCUT2D eigenvalue weighted by molar-refractivity contribution is -0.139. The maximum Gasteiger partial charge on any atom is 0.258 e. The molecule has 2 bridgehead atoms. The fourth-order valence-corrected chi connectivity index (χ4v) is 6.16. The van der Waals surface area contributed by atoms with Crippen LogP contribution in [0.4, 0.5) is 0 Å². The number of aliphatic hydroxyl groups excluding tert-OH is 1. The number of pyridine rings is 1. The summed E-state index contributed by atoms with van der Waals surface area (Å²) in [5.41, 5.74) is 2.98. The molecule has 1 aromatic heterocycles. The summed E-state index contributed by atoms with van der Waals surface area (Å²) >= 11 is 0. The van der Waals surface area contributed by atoms with Crippen molar-refractivity contribution >= 4 is 11.5 Å². The molecule has 0 saturated carbocycles. The molecule has 4 atom stereocenters. The Morgan fingerprint density at radius 3 is 2.66 bits per heavy atom. The summed E-state index contributed by atoms with van der Waals surface area (Å²) in [6.07, 6.45) is 8.61. The number of aliphatic hydroxyl groups is 1. The molecule has 1 amide bonds. The number of aromatic nitrogens is 1. The Kier molecular flexibility index (Phi) is 4.87. The van der Waals surface area contributed by atoms with Crippen LogP contribution in [0.5, 0.6) is 0 Å². The van der Waals surface area contributed by atoms with Crippen LogP contribution < -0.4 is 5.56 Å². The van der Waals surface area contributed by atoms with Crippen molar-refractivity contribution in [1.82, 2.24) is 14.4 Å². The molecule has 0 unspecified atom stereocenters. The van der Waals surface area contributed by atoms with Crippen molar-refractivity contribution in [3.8, 4) is 0 Å². The first-order chi connectivity index (χ1) is 14.1. The number of fused-ring (bicyclic) bond motifs is 4. The monoisotopic (exact) mass is 397 g/mol. The number of carbonyl (C=O) groups is 1. The van der Waals surface area contributed by atoms with Gasteiger partial charge in [0.1, 0.15) is 0 Å². The molecule has 4 aliphatic rings. The quantitative estimate of drug-likeness (QED) is 0.848. The van der Waals surface area contributed by atoms with Crippen LogP contribution in [0.15, 0.2) is 23.0 Å². The summed E-state index contributed by atoms with van der Waals surface area (Å²) in [5, 5.41) is 10.2. The molecule has 4 heterocycles. The highest BCUT2D eigenvalue weighted by Crippen LogP contribution is 2.48. The first-order valence-electron chi connectivity index (χ1n) is 11.2. The number of likely N-dealkylation sites (N-methyl/N-ethyl adjacent to an activating group) is 1. The van der Waals surface area contributed by atoms with Crippen LogP contribution in [0.25, 0.3) is 5.57 Å². The highest BCUT2D eigenvalue weighted by Gasteiger charge is 2.55. The predicted octanol–water partition coefficient (Wildman–Crippen LogP) is 2.02. The number of rotatable bonds is 3. The molecule has 2 fully saturated rings. The van der Waals surface area contributed by atoms with Crippen molar-refractivity contribution in [2.75, 3.05) is 26.7 Å². The third kappa shape index (κ3) is 2.91. The van der Waals surface area contributed by atoms with E-state index in [0.717, 1.165) is 62.0 Å². The minimum absolute atomic E-state index is 0.0155. The Bertz CT molecular complexity index is 899. The highest BCUT2D eigenvalue weighted by molar-refractivity contribution is 5.81. The molecule has 1 aliphatic carbocycles. The molecular weight excluding hydrogens is 366 g/mol. The zero-order valence-corrected chi connectivity index (χ0v) is 17.2. The van der Waals surface area contributed by atoms with Gasteiger partial charge in [0.25, 0.3) is 5.56 Å². The fraction of sp³-hybridized carbons (Fsp3) is 0.652. The number of amides is 1. The Labute approximate surface area is 171 Å². The van der Waals surface area contributed by atoms with Gasteiger partial charge in [-0.1, -0.05) is 6.08 Å². The standard InChI is InChI=1S/C23H31N3O3/c1-24-19-13-26-18(10-9-16(22(26)28)15-7-3-4-8-15)21(24)20(17(19)14-27)23(29)25-11-5-2-6-12-25/h7,9-10,17,19-21,27H,2-6,8,11-14H2,1H3/t17-,19-,20+,21+/m1/s1. The van der Waals surface area contributed by atoms with Crippen LogP contribution in [-0.2, 0) is 11.3 Å². The molecule has 29 heavy (non-hydrogen) atoms. The van der Waals surface area contributed by atoms with E-state index in [0.29, 0.717) is 6.54 Å². The Hall–Kier alpha value is -1.92. The van der Waals surface area contributed by atoms with Crippen LogP contribution in [0.1, 0.15) is 55.8 Å². The first kappa shape index (κ1) is 19.1. The summed E-state index contributed by atoms with van der Waals surface area (Å²) in [6.45, 7) is 2.16. The van der Waals surface area contributed by atoms with E-state index in [9.17, 15) is 14.7 Å². The Balaban J connectivity index is 1.56. The van der Waals surface area contributed by atoms with Gasteiger partial charge in [-0.3, -0.25) is 14.5 Å². The lowest BCUT2D eigenvalue weighted by Gasteiger charge is -2.36. The van der Waals surface area contributed by atoms with Gasteiger partial charge < -0.3 is 14.6 Å². The summed E-state index contributed by atoms with van der Waals surface area (Å²) in [5.74, 6) is -0.253. The van der Waals surface area contributed by atoms with Crippen LogP contribution in [0.3, 0.4) is 0 Å². The molecule has 0 radical (unpaired) electrons. The second kappa shape index (κ2) is 7.40. The van der Waals surface area contributed by atoms with E-state index in [-0.39, 0.29) is 42.0 Å². The van der Waals surface area contributed by atoms with E-state index in [1.54, 1.807) is 0 Å². The highest BCUT2D eigenvalue weighted by atomic mass is 16.3. The molecule has 0 aromatic carbocycles. The van der Waals surface area contributed by atoms with Crippen molar-refractivity contribution in [1.29, 1.82) is 0 Å². The van der Waals surface area contributed by atoms with Gasteiger partial charge in [-0.15, -0.1) is 0 Å². The zero-order chi connectivity index (χ0) is 20.1. The third-order valence-corrected chi connectivity index (χ3v) is 7.69. The number of hydrogen-bond donors (Lipinski definition) is 1. The molecule has 0 spiro atoms. The summed E-state index contributed by atoms with van der Waals surface area (Å²) in [7, 11) is 2.04. The zero-order valence-electron chi connectivity index (χ0n) is 17.2. The largest absolute Gasteiger partial charge is 0.396 e. The van der Waals surface area contributed by atoms with Gasteiger partial charge in [-0.05, 0) is 63.3 Å². The molecule has 6 heteroatoms. The van der Waals surface area contributed by atoms with Gasteiger partial charge >= 0.3 is 0 Å². The second-order valence-electron chi connectivity index (χ2n) is 9.15. The molecular formula is C23H31N3O3. The average molecular weight is 398 g/mol. The normalized spacial score (nSPS) is 31.7. The maximum absolute atomic E-state index is 13.5. The van der Waals surface area contributed by atoms with Crippen molar-refractivity contribution in [2.45, 2.75) is 57.2 Å². The van der Waals surface area contributed by atoms with Gasteiger partial charge in [-0.25, -0.2) is 0 Å². The SMILES string of the molecule is CN1[C@@H]2Cn3c(ccc(C4=CCCC4)c3=O)[C@H]1[C@@H](C(=O)N1CCCCC1)[C@@H]2CO. The summed E-state index contributed by atoms with van der Waals surface area (Å²) in [4.78, 5) is 31.1. The number of likely N-dealkylation sites (tertiary alicyclic amines) is 1. The molecule has 1 aromatic rings. The number of allylic oxidation sites excluding steroid dienone is 2.